The molecule has 0 saturated carbocycles. The van der Waals surface area contributed by atoms with Crippen LogP contribution in [0.5, 0.6) is 11.5 Å². The zero-order chi connectivity index (χ0) is 28.1. The number of carbonyl (C=O) groups is 3. The number of hydrogen-bond donors (Lipinski definition) is 2. The second kappa shape index (κ2) is 11.5. The number of carboxylic acids is 1. The molecule has 1 aliphatic rings. The zero-order valence-corrected chi connectivity index (χ0v) is 21.3. The highest BCUT2D eigenvalue weighted by atomic mass is 32.1. The van der Waals surface area contributed by atoms with Crippen LogP contribution in [-0.4, -0.2) is 39.5 Å². The van der Waals surface area contributed by atoms with Crippen LogP contribution in [0.4, 0.5) is 11.4 Å². The highest BCUT2D eigenvalue weighted by Gasteiger charge is 2.34. The predicted molar refractivity (Wildman–Crippen MR) is 145 cm³/mol. The minimum atomic E-state index is -1.17. The summed E-state index contributed by atoms with van der Waals surface area (Å²) >= 11 is 5.18. The van der Waals surface area contributed by atoms with Crippen LogP contribution in [0.15, 0.2) is 72.3 Å². The Balaban J connectivity index is 1.59. The molecule has 0 aromatic heterocycles. The highest BCUT2D eigenvalue weighted by Crippen LogP contribution is 2.31. The van der Waals surface area contributed by atoms with Crippen LogP contribution in [0.25, 0.3) is 6.08 Å². The summed E-state index contributed by atoms with van der Waals surface area (Å²) in [4.78, 5) is 48.8. The van der Waals surface area contributed by atoms with Gasteiger partial charge in [-0.25, -0.2) is 4.79 Å². The van der Waals surface area contributed by atoms with Gasteiger partial charge in [0.25, 0.3) is 17.5 Å². The Labute approximate surface area is 227 Å². The van der Waals surface area contributed by atoms with Crippen molar-refractivity contribution < 1.29 is 33.9 Å². The number of carbonyl (C=O) groups excluding carboxylic acids is 2. The first-order chi connectivity index (χ1) is 18.7. The van der Waals surface area contributed by atoms with Crippen molar-refractivity contribution in [2.45, 2.75) is 13.5 Å². The molecule has 1 heterocycles. The van der Waals surface area contributed by atoms with Gasteiger partial charge >= 0.3 is 5.97 Å². The number of nitro groups is 1. The molecule has 2 amide bonds. The van der Waals surface area contributed by atoms with E-state index in [1.165, 1.54) is 42.5 Å². The number of ether oxygens (including phenoxy) is 2. The predicted octanol–water partition coefficient (Wildman–Crippen LogP) is 4.10. The van der Waals surface area contributed by atoms with Gasteiger partial charge in [-0.05, 0) is 78.8 Å². The molecule has 11 nitrogen and oxygen atoms in total. The van der Waals surface area contributed by atoms with E-state index in [9.17, 15) is 29.6 Å². The normalized spacial score (nSPS) is 14.2. The molecule has 1 aliphatic heterocycles. The number of anilines is 1. The van der Waals surface area contributed by atoms with Crippen LogP contribution in [0, 0.1) is 10.1 Å². The standard InChI is InChI=1S/C27H21N3O8S/c1-2-37-23-13-17(8-11-22(23)38-15-16-6-9-19(10-7-16)30(35)36)12-21-24(31)28-27(39)29(25(21)32)20-5-3-4-18(14-20)26(33)34/h3-14H,2,15H2,1H3,(H,33,34)(H,28,31,39). The van der Waals surface area contributed by atoms with Gasteiger partial charge in [-0.3, -0.25) is 29.9 Å². The van der Waals surface area contributed by atoms with Crippen molar-refractivity contribution in [1.82, 2.24) is 5.32 Å². The molecule has 39 heavy (non-hydrogen) atoms. The van der Waals surface area contributed by atoms with E-state index in [1.54, 1.807) is 37.3 Å². The maximum atomic E-state index is 13.3. The SMILES string of the molecule is CCOc1cc(C=C2C(=O)NC(=S)N(c3cccc(C(=O)O)c3)C2=O)ccc1OCc1ccc([N+](=O)[O-])cc1. The van der Waals surface area contributed by atoms with Crippen molar-refractivity contribution in [3.63, 3.8) is 0 Å². The number of amides is 2. The van der Waals surface area contributed by atoms with E-state index in [2.05, 4.69) is 5.32 Å². The van der Waals surface area contributed by atoms with Gasteiger partial charge in [-0.1, -0.05) is 12.1 Å². The zero-order valence-electron chi connectivity index (χ0n) is 20.5. The molecule has 3 aromatic carbocycles. The molecule has 3 aromatic rings. The van der Waals surface area contributed by atoms with Crippen LogP contribution in [0.1, 0.15) is 28.4 Å². The third kappa shape index (κ3) is 6.08. The van der Waals surface area contributed by atoms with Crippen molar-refractivity contribution >= 4 is 52.6 Å². The summed E-state index contributed by atoms with van der Waals surface area (Å²) in [6, 6.07) is 16.4. The summed E-state index contributed by atoms with van der Waals surface area (Å²) < 4.78 is 11.5. The fraction of sp³-hybridized carbons (Fsp3) is 0.111. The monoisotopic (exact) mass is 547 g/mol. The van der Waals surface area contributed by atoms with Crippen LogP contribution in [0.3, 0.4) is 0 Å². The summed E-state index contributed by atoms with van der Waals surface area (Å²) in [5.41, 5.74) is 1.08. The Kier molecular flexibility index (Phi) is 7.96. The Morgan fingerprint density at radius 3 is 2.49 bits per heavy atom. The van der Waals surface area contributed by atoms with Crippen molar-refractivity contribution in [3.05, 3.63) is 99.1 Å². The van der Waals surface area contributed by atoms with Crippen molar-refractivity contribution in [3.8, 4) is 11.5 Å². The summed E-state index contributed by atoms with van der Waals surface area (Å²) in [5, 5.41) is 22.4. The van der Waals surface area contributed by atoms with E-state index in [1.807, 2.05) is 0 Å². The largest absolute Gasteiger partial charge is 0.490 e. The maximum absolute atomic E-state index is 13.3. The van der Waals surface area contributed by atoms with E-state index < -0.39 is 22.7 Å². The number of hydrogen-bond acceptors (Lipinski definition) is 8. The van der Waals surface area contributed by atoms with Gasteiger partial charge in [-0.15, -0.1) is 0 Å². The van der Waals surface area contributed by atoms with Crippen LogP contribution < -0.4 is 19.7 Å². The molecule has 0 bridgehead atoms. The Morgan fingerprint density at radius 2 is 1.82 bits per heavy atom. The van der Waals surface area contributed by atoms with Gasteiger partial charge in [0.2, 0.25) is 0 Å². The first kappa shape index (κ1) is 26.9. The van der Waals surface area contributed by atoms with E-state index in [0.29, 0.717) is 29.2 Å². The second-order valence-corrected chi connectivity index (χ2v) is 8.55. The molecule has 0 unspecified atom stereocenters. The molecular weight excluding hydrogens is 526 g/mol. The Morgan fingerprint density at radius 1 is 1.08 bits per heavy atom. The molecule has 198 valence electrons. The fourth-order valence-corrected chi connectivity index (χ4v) is 3.99. The lowest BCUT2D eigenvalue weighted by Crippen LogP contribution is -2.54. The summed E-state index contributed by atoms with van der Waals surface area (Å²) in [5.74, 6) is -1.84. The molecular formula is C27H21N3O8S. The van der Waals surface area contributed by atoms with Crippen LogP contribution in [0.2, 0.25) is 0 Å². The number of aromatic carboxylic acids is 1. The van der Waals surface area contributed by atoms with Crippen LogP contribution in [-0.2, 0) is 16.2 Å². The van der Waals surface area contributed by atoms with Gasteiger partial charge < -0.3 is 14.6 Å². The van der Waals surface area contributed by atoms with Crippen LogP contribution >= 0.6 is 12.2 Å². The smallest absolute Gasteiger partial charge is 0.335 e. The lowest BCUT2D eigenvalue weighted by molar-refractivity contribution is -0.384. The molecule has 4 rings (SSSR count). The van der Waals surface area contributed by atoms with Crippen molar-refractivity contribution in [2.75, 3.05) is 11.5 Å². The molecule has 0 aliphatic carbocycles. The van der Waals surface area contributed by atoms with Gasteiger partial charge in [0, 0.05) is 12.1 Å². The highest BCUT2D eigenvalue weighted by molar-refractivity contribution is 7.80. The first-order valence-corrected chi connectivity index (χ1v) is 12.0. The average molecular weight is 548 g/mol. The Hall–Kier alpha value is -5.10. The van der Waals surface area contributed by atoms with E-state index in [0.717, 1.165) is 4.90 Å². The van der Waals surface area contributed by atoms with Gasteiger partial charge in [0.1, 0.15) is 12.2 Å². The number of nitro benzene ring substituents is 1. The van der Waals surface area contributed by atoms with E-state index >= 15 is 0 Å². The number of carboxylic acid groups (broad SMARTS) is 1. The molecule has 0 radical (unpaired) electrons. The molecule has 1 saturated heterocycles. The third-order valence-corrected chi connectivity index (χ3v) is 5.86. The van der Waals surface area contributed by atoms with Crippen molar-refractivity contribution in [2.24, 2.45) is 0 Å². The summed E-state index contributed by atoms with van der Waals surface area (Å²) in [6.07, 6.45) is 1.37. The molecule has 12 heteroatoms. The number of nitrogens with one attached hydrogen (secondary N) is 1. The topological polar surface area (TPSA) is 148 Å². The number of rotatable bonds is 9. The molecule has 1 fully saturated rings. The fourth-order valence-electron chi connectivity index (χ4n) is 3.71. The second-order valence-electron chi connectivity index (χ2n) is 8.16. The number of benzene rings is 3. The quantitative estimate of drug-likeness (QED) is 0.133. The molecule has 2 N–H and O–H groups in total. The van der Waals surface area contributed by atoms with Gasteiger partial charge in [0.15, 0.2) is 16.6 Å². The van der Waals surface area contributed by atoms with Gasteiger partial charge in [-0.2, -0.15) is 0 Å². The molecule has 0 atom stereocenters. The maximum Gasteiger partial charge on any atom is 0.335 e. The van der Waals surface area contributed by atoms with E-state index in [4.69, 9.17) is 21.7 Å². The van der Waals surface area contributed by atoms with Crippen molar-refractivity contribution in [1.29, 1.82) is 0 Å². The lowest BCUT2D eigenvalue weighted by atomic mass is 10.1. The average Bonchev–Trinajstić information content (AvgIpc) is 2.91. The third-order valence-electron chi connectivity index (χ3n) is 5.57. The number of non-ortho nitro benzene ring substituents is 1. The molecule has 0 spiro atoms. The number of thiocarbonyl (C=S) groups is 1. The summed E-state index contributed by atoms with van der Waals surface area (Å²) in [7, 11) is 0. The first-order valence-electron chi connectivity index (χ1n) is 11.6. The van der Waals surface area contributed by atoms with E-state index in [-0.39, 0.29) is 34.2 Å². The minimum Gasteiger partial charge on any atom is -0.490 e. The minimum absolute atomic E-state index is 0.0265. The van der Waals surface area contributed by atoms with Gasteiger partial charge in [0.05, 0.1) is 22.8 Å². The lowest BCUT2D eigenvalue weighted by Gasteiger charge is -2.29. The number of nitrogens with zero attached hydrogens (tertiary/aromatic N) is 2. The Bertz CT molecular complexity index is 1520. The summed E-state index contributed by atoms with van der Waals surface area (Å²) in [6.45, 7) is 2.23.